The number of fused-ring (bicyclic) bond motifs is 1. The molecule has 0 unspecified atom stereocenters. The minimum Gasteiger partial charge on any atom is -0.339 e. The Hall–Kier alpha value is -2.81. The lowest BCUT2D eigenvalue weighted by molar-refractivity contribution is -0.123. The van der Waals surface area contributed by atoms with Crippen molar-refractivity contribution in [3.63, 3.8) is 0 Å². The van der Waals surface area contributed by atoms with Crippen molar-refractivity contribution in [2.24, 2.45) is 0 Å². The molecule has 1 fully saturated rings. The Labute approximate surface area is 203 Å². The van der Waals surface area contributed by atoms with Crippen LogP contribution in [0.5, 0.6) is 0 Å². The van der Waals surface area contributed by atoms with Crippen LogP contribution in [0.1, 0.15) is 34.8 Å². The van der Waals surface area contributed by atoms with E-state index in [4.69, 9.17) is 16.6 Å². The van der Waals surface area contributed by atoms with Gasteiger partial charge in [0.15, 0.2) is 0 Å². The highest BCUT2D eigenvalue weighted by Gasteiger charge is 2.25. The molecule has 0 spiro atoms. The van der Waals surface area contributed by atoms with E-state index in [0.29, 0.717) is 39.6 Å². The van der Waals surface area contributed by atoms with E-state index in [9.17, 15) is 9.59 Å². The number of aromatic amines is 1. The molecule has 5 rings (SSSR count). The first kappa shape index (κ1) is 22.0. The molecule has 3 aromatic heterocycles. The fourth-order valence-corrected chi connectivity index (χ4v) is 5.87. The van der Waals surface area contributed by atoms with Crippen LogP contribution in [0.25, 0.3) is 32.4 Å². The first-order valence-electron chi connectivity index (χ1n) is 10.6. The third-order valence-electron chi connectivity index (χ3n) is 5.82. The molecule has 33 heavy (non-hydrogen) atoms. The van der Waals surface area contributed by atoms with Gasteiger partial charge in [-0.25, -0.2) is 9.97 Å². The Morgan fingerprint density at radius 3 is 2.61 bits per heavy atom. The summed E-state index contributed by atoms with van der Waals surface area (Å²) < 4.78 is 0. The highest BCUT2D eigenvalue weighted by molar-refractivity contribution is 7.18. The van der Waals surface area contributed by atoms with Gasteiger partial charge in [0.2, 0.25) is 0 Å². The highest BCUT2D eigenvalue weighted by Crippen LogP contribution is 2.30. The maximum Gasteiger partial charge on any atom is 0.260 e. The van der Waals surface area contributed by atoms with Crippen LogP contribution in [0.3, 0.4) is 0 Å². The van der Waals surface area contributed by atoms with Crippen molar-refractivity contribution in [2.75, 3.05) is 13.1 Å². The lowest BCUT2D eigenvalue weighted by atomic mass is 10.1. The van der Waals surface area contributed by atoms with Crippen LogP contribution in [0.4, 0.5) is 0 Å². The number of carbonyl (C=O) groups excluding carboxylic acids is 1. The van der Waals surface area contributed by atoms with Gasteiger partial charge in [0, 0.05) is 33.9 Å². The fraction of sp³-hybridized carbons (Fsp3) is 0.250. The molecule has 6 nitrogen and oxygen atoms in total. The van der Waals surface area contributed by atoms with Gasteiger partial charge < -0.3 is 9.88 Å². The quantitative estimate of drug-likeness (QED) is 0.376. The van der Waals surface area contributed by atoms with Crippen LogP contribution in [-0.4, -0.2) is 38.8 Å². The topological polar surface area (TPSA) is 79.0 Å². The Kier molecular flexibility index (Phi) is 5.90. The lowest BCUT2D eigenvalue weighted by Gasteiger charge is -2.17. The Morgan fingerprint density at radius 1 is 1.15 bits per heavy atom. The van der Waals surface area contributed by atoms with E-state index in [2.05, 4.69) is 9.97 Å². The van der Waals surface area contributed by atoms with Gasteiger partial charge in [0.05, 0.1) is 16.7 Å². The maximum absolute atomic E-state index is 13.4. The third kappa shape index (κ3) is 4.26. The highest BCUT2D eigenvalue weighted by atomic mass is 35.5. The molecular weight excluding hydrogens is 476 g/mol. The number of rotatable bonds is 4. The molecule has 1 aliphatic rings. The molecule has 168 valence electrons. The standard InChI is InChI=1S/C24H21ClN4O2S2/c1-13-14(2)33-23-19(13)21(30)27-20(28-23)18(24(31)29-9-3-4-10-29)11-17-12-32-22(26-17)15-5-7-16(25)8-6-15/h5-8,11-12H,3-4,9-10H2,1-2H3,(H,27,28,30)/b18-11+. The molecule has 0 atom stereocenters. The van der Waals surface area contributed by atoms with Crippen LogP contribution >= 0.6 is 34.3 Å². The number of likely N-dealkylation sites (tertiary alicyclic amines) is 1. The molecule has 1 aliphatic heterocycles. The van der Waals surface area contributed by atoms with Crippen molar-refractivity contribution in [1.29, 1.82) is 0 Å². The number of nitrogens with one attached hydrogen (secondary N) is 1. The van der Waals surface area contributed by atoms with Crippen molar-refractivity contribution < 1.29 is 4.79 Å². The average molecular weight is 497 g/mol. The maximum atomic E-state index is 13.4. The molecular formula is C24H21ClN4O2S2. The van der Waals surface area contributed by atoms with E-state index in [-0.39, 0.29) is 17.3 Å². The molecule has 1 saturated heterocycles. The van der Waals surface area contributed by atoms with Gasteiger partial charge in [-0.05, 0) is 50.5 Å². The number of thiazole rings is 1. The van der Waals surface area contributed by atoms with Crippen molar-refractivity contribution >= 4 is 62.0 Å². The minimum absolute atomic E-state index is 0.138. The molecule has 1 N–H and O–H groups in total. The zero-order chi connectivity index (χ0) is 23.1. The van der Waals surface area contributed by atoms with Crippen LogP contribution < -0.4 is 5.56 Å². The number of aryl methyl sites for hydroxylation is 2. The first-order valence-corrected chi connectivity index (χ1v) is 12.7. The Morgan fingerprint density at radius 2 is 1.88 bits per heavy atom. The molecule has 0 radical (unpaired) electrons. The summed E-state index contributed by atoms with van der Waals surface area (Å²) in [4.78, 5) is 42.1. The number of nitrogens with zero attached hydrogens (tertiary/aromatic N) is 3. The smallest absolute Gasteiger partial charge is 0.260 e. The van der Waals surface area contributed by atoms with Gasteiger partial charge in [-0.3, -0.25) is 9.59 Å². The zero-order valence-corrected chi connectivity index (χ0v) is 20.5. The Bertz CT molecular complexity index is 1440. The summed E-state index contributed by atoms with van der Waals surface area (Å²) in [6.07, 6.45) is 3.68. The average Bonchev–Trinajstić information content (AvgIpc) is 3.54. The van der Waals surface area contributed by atoms with E-state index in [1.54, 1.807) is 6.08 Å². The molecule has 9 heteroatoms. The number of H-pyrrole nitrogens is 1. The van der Waals surface area contributed by atoms with Crippen molar-refractivity contribution in [3.05, 3.63) is 67.0 Å². The molecule has 4 heterocycles. The number of benzene rings is 1. The van der Waals surface area contributed by atoms with Gasteiger partial charge >= 0.3 is 0 Å². The molecule has 1 aromatic carbocycles. The second-order valence-corrected chi connectivity index (χ2v) is 10.5. The predicted octanol–water partition coefficient (Wildman–Crippen LogP) is 5.54. The molecule has 0 aliphatic carbocycles. The van der Waals surface area contributed by atoms with E-state index in [1.165, 1.54) is 22.7 Å². The number of amides is 1. The summed E-state index contributed by atoms with van der Waals surface area (Å²) >= 11 is 8.96. The second kappa shape index (κ2) is 8.85. The molecule has 0 saturated carbocycles. The van der Waals surface area contributed by atoms with Crippen molar-refractivity contribution in [2.45, 2.75) is 26.7 Å². The normalized spacial score (nSPS) is 14.4. The third-order valence-corrected chi connectivity index (χ3v) is 8.09. The summed E-state index contributed by atoms with van der Waals surface area (Å²) in [5.41, 5.74) is 2.66. The van der Waals surface area contributed by atoms with E-state index >= 15 is 0 Å². The van der Waals surface area contributed by atoms with Crippen LogP contribution in [0.2, 0.25) is 5.02 Å². The number of aromatic nitrogens is 3. The first-order chi connectivity index (χ1) is 15.9. The van der Waals surface area contributed by atoms with Crippen LogP contribution in [0, 0.1) is 13.8 Å². The van der Waals surface area contributed by atoms with Gasteiger partial charge in [-0.1, -0.05) is 23.7 Å². The van der Waals surface area contributed by atoms with Gasteiger partial charge in [0.1, 0.15) is 15.7 Å². The van der Waals surface area contributed by atoms with E-state index in [0.717, 1.165) is 33.9 Å². The fourth-order valence-electron chi connectivity index (χ4n) is 3.93. The number of hydrogen-bond donors (Lipinski definition) is 1. The van der Waals surface area contributed by atoms with Crippen molar-refractivity contribution in [3.8, 4) is 10.6 Å². The van der Waals surface area contributed by atoms with E-state index in [1.807, 2.05) is 48.4 Å². The van der Waals surface area contributed by atoms with Gasteiger partial charge in [0.25, 0.3) is 11.5 Å². The Balaban J connectivity index is 1.60. The number of carbonyl (C=O) groups is 1. The summed E-state index contributed by atoms with van der Waals surface area (Å²) in [7, 11) is 0. The number of halogens is 1. The van der Waals surface area contributed by atoms with Gasteiger partial charge in [-0.15, -0.1) is 22.7 Å². The zero-order valence-electron chi connectivity index (χ0n) is 18.1. The summed E-state index contributed by atoms with van der Waals surface area (Å²) in [6, 6.07) is 7.48. The monoisotopic (exact) mass is 496 g/mol. The molecule has 0 bridgehead atoms. The summed E-state index contributed by atoms with van der Waals surface area (Å²) in [5, 5.41) is 3.98. The number of thiophene rings is 1. The largest absolute Gasteiger partial charge is 0.339 e. The van der Waals surface area contributed by atoms with Gasteiger partial charge in [-0.2, -0.15) is 0 Å². The minimum atomic E-state index is -0.225. The second-order valence-electron chi connectivity index (χ2n) is 8.02. The summed E-state index contributed by atoms with van der Waals surface area (Å²) in [5.74, 6) is 0.146. The van der Waals surface area contributed by atoms with Crippen molar-refractivity contribution in [1.82, 2.24) is 19.9 Å². The van der Waals surface area contributed by atoms with E-state index < -0.39 is 0 Å². The SMILES string of the molecule is Cc1sc2nc(/C(=C\c3csc(-c4ccc(Cl)cc4)n3)C(=O)N3CCCC3)[nH]c(=O)c2c1C. The predicted molar refractivity (Wildman–Crippen MR) is 136 cm³/mol. The molecule has 4 aromatic rings. The van der Waals surface area contributed by atoms with Crippen LogP contribution in [-0.2, 0) is 4.79 Å². The van der Waals surface area contributed by atoms with Crippen LogP contribution in [0.15, 0.2) is 34.4 Å². The summed E-state index contributed by atoms with van der Waals surface area (Å²) in [6.45, 7) is 5.30. The number of hydrogen-bond acceptors (Lipinski definition) is 6. The molecule has 1 amide bonds. The lowest BCUT2D eigenvalue weighted by Crippen LogP contribution is -2.29.